The molecular formula is C21H24N2O2. The van der Waals surface area contributed by atoms with E-state index in [1.165, 1.54) is 34.0 Å². The van der Waals surface area contributed by atoms with Gasteiger partial charge in [0.1, 0.15) is 12.0 Å². The van der Waals surface area contributed by atoms with Crippen molar-refractivity contribution in [2.75, 3.05) is 13.7 Å². The van der Waals surface area contributed by atoms with Gasteiger partial charge in [-0.05, 0) is 43.4 Å². The van der Waals surface area contributed by atoms with Crippen molar-refractivity contribution in [3.05, 3.63) is 41.1 Å². The first-order valence-corrected chi connectivity index (χ1v) is 9.19. The Morgan fingerprint density at radius 3 is 2.88 bits per heavy atom. The number of hydrogen-bond donors (Lipinski definition) is 0. The van der Waals surface area contributed by atoms with Crippen LogP contribution in [-0.4, -0.2) is 35.4 Å². The number of aromatic nitrogens is 1. The van der Waals surface area contributed by atoms with Crippen LogP contribution in [0.5, 0.6) is 5.75 Å². The van der Waals surface area contributed by atoms with Gasteiger partial charge in [-0.1, -0.05) is 11.6 Å². The lowest BCUT2D eigenvalue weighted by atomic mass is 9.64. The largest absolute Gasteiger partial charge is 0.497 e. The van der Waals surface area contributed by atoms with Gasteiger partial charge in [-0.3, -0.25) is 4.90 Å². The molecule has 6 rings (SSSR count). The number of piperidine rings is 3. The van der Waals surface area contributed by atoms with Crippen molar-refractivity contribution in [2.24, 2.45) is 18.9 Å². The molecule has 0 aliphatic carbocycles. The number of nitrogens with zero attached hydrogens (tertiary/aromatic N) is 2. The molecule has 1 aromatic carbocycles. The van der Waals surface area contributed by atoms with E-state index in [0.29, 0.717) is 18.0 Å². The predicted molar refractivity (Wildman–Crippen MR) is 97.8 cm³/mol. The number of fused-ring (bicyclic) bond motifs is 4. The number of carbonyl (C=O) groups is 1. The summed E-state index contributed by atoms with van der Waals surface area (Å²) in [6.45, 7) is 3.13. The SMILES string of the molecule is C/C=C1/CN2[C@H]3CC1C(C=O)[C@@H]2Cc1c3n(C)c2cc(OC)ccc12. The van der Waals surface area contributed by atoms with E-state index in [1.54, 1.807) is 7.11 Å². The van der Waals surface area contributed by atoms with Crippen LogP contribution in [0.4, 0.5) is 0 Å². The molecule has 1 aromatic heterocycles. The second-order valence-corrected chi connectivity index (χ2v) is 7.68. The van der Waals surface area contributed by atoms with Crippen molar-refractivity contribution >= 4 is 17.2 Å². The number of aldehydes is 1. The molecule has 2 aromatic rings. The van der Waals surface area contributed by atoms with E-state index >= 15 is 0 Å². The van der Waals surface area contributed by atoms with Crippen molar-refractivity contribution in [1.29, 1.82) is 0 Å². The number of hydrogen-bond acceptors (Lipinski definition) is 3. The molecule has 130 valence electrons. The molecule has 0 N–H and O–H groups in total. The van der Waals surface area contributed by atoms with E-state index in [2.05, 4.69) is 47.7 Å². The van der Waals surface area contributed by atoms with Crippen LogP contribution in [-0.2, 0) is 18.3 Å². The van der Waals surface area contributed by atoms with Crippen molar-refractivity contribution < 1.29 is 9.53 Å². The summed E-state index contributed by atoms with van der Waals surface area (Å²) in [5.41, 5.74) is 5.58. The monoisotopic (exact) mass is 336 g/mol. The van der Waals surface area contributed by atoms with Gasteiger partial charge in [0.25, 0.3) is 0 Å². The Kier molecular flexibility index (Phi) is 3.17. The molecule has 5 atom stereocenters. The van der Waals surface area contributed by atoms with Gasteiger partial charge in [0.05, 0.1) is 18.7 Å². The zero-order chi connectivity index (χ0) is 17.3. The number of ether oxygens (including phenoxy) is 1. The van der Waals surface area contributed by atoms with Crippen molar-refractivity contribution in [2.45, 2.75) is 31.8 Å². The second-order valence-electron chi connectivity index (χ2n) is 7.68. The van der Waals surface area contributed by atoms with Gasteiger partial charge in [-0.15, -0.1) is 0 Å². The summed E-state index contributed by atoms with van der Waals surface area (Å²) in [5.74, 6) is 1.46. The first-order valence-electron chi connectivity index (χ1n) is 9.19. The number of carbonyl (C=O) groups excluding carboxylic acids is 1. The first-order chi connectivity index (χ1) is 12.2. The molecule has 4 aliphatic heterocycles. The lowest BCUT2D eigenvalue weighted by Crippen LogP contribution is -2.60. The fourth-order valence-corrected chi connectivity index (χ4v) is 5.71. The summed E-state index contributed by atoms with van der Waals surface area (Å²) >= 11 is 0. The Morgan fingerprint density at radius 2 is 2.16 bits per heavy atom. The average Bonchev–Trinajstić information content (AvgIpc) is 2.93. The van der Waals surface area contributed by atoms with Crippen LogP contribution in [0, 0.1) is 11.8 Å². The van der Waals surface area contributed by atoms with Gasteiger partial charge in [0, 0.05) is 42.7 Å². The van der Waals surface area contributed by atoms with Gasteiger partial charge in [0.15, 0.2) is 0 Å². The minimum absolute atomic E-state index is 0.137. The molecule has 4 bridgehead atoms. The Labute approximate surface area is 148 Å². The molecule has 4 aliphatic rings. The van der Waals surface area contributed by atoms with Gasteiger partial charge in [0.2, 0.25) is 0 Å². The van der Waals surface area contributed by atoms with Crippen molar-refractivity contribution in [3.8, 4) is 5.75 Å². The van der Waals surface area contributed by atoms with Crippen LogP contribution in [0.1, 0.15) is 30.6 Å². The van der Waals surface area contributed by atoms with Crippen molar-refractivity contribution in [3.63, 3.8) is 0 Å². The van der Waals surface area contributed by atoms with Crippen LogP contribution >= 0.6 is 0 Å². The predicted octanol–water partition coefficient (Wildman–Crippen LogP) is 3.25. The molecule has 4 heteroatoms. The fourth-order valence-electron chi connectivity index (χ4n) is 5.71. The molecular weight excluding hydrogens is 312 g/mol. The number of methoxy groups -OCH3 is 1. The fraction of sp³-hybridized carbons (Fsp3) is 0.476. The zero-order valence-electron chi connectivity index (χ0n) is 15.0. The Morgan fingerprint density at radius 1 is 1.32 bits per heavy atom. The van der Waals surface area contributed by atoms with Crippen LogP contribution in [0.15, 0.2) is 29.8 Å². The summed E-state index contributed by atoms with van der Waals surface area (Å²) in [5, 5.41) is 1.32. The first kappa shape index (κ1) is 15.2. The van der Waals surface area contributed by atoms with E-state index < -0.39 is 0 Å². The minimum Gasteiger partial charge on any atom is -0.497 e. The molecule has 0 radical (unpaired) electrons. The summed E-state index contributed by atoms with van der Waals surface area (Å²) in [4.78, 5) is 14.5. The Balaban J connectivity index is 1.71. The van der Waals surface area contributed by atoms with E-state index in [0.717, 1.165) is 25.1 Å². The minimum atomic E-state index is 0.137. The van der Waals surface area contributed by atoms with Crippen LogP contribution in [0.3, 0.4) is 0 Å². The van der Waals surface area contributed by atoms with Gasteiger partial charge in [-0.25, -0.2) is 0 Å². The van der Waals surface area contributed by atoms with Crippen LogP contribution in [0.2, 0.25) is 0 Å². The van der Waals surface area contributed by atoms with Crippen LogP contribution < -0.4 is 4.74 Å². The molecule has 3 saturated heterocycles. The third-order valence-electron chi connectivity index (χ3n) is 6.87. The lowest BCUT2D eigenvalue weighted by molar-refractivity contribution is -0.121. The average molecular weight is 336 g/mol. The quantitative estimate of drug-likeness (QED) is 0.624. The van der Waals surface area contributed by atoms with Crippen molar-refractivity contribution in [1.82, 2.24) is 9.47 Å². The highest BCUT2D eigenvalue weighted by Gasteiger charge is 2.53. The number of aryl methyl sites for hydroxylation is 1. The van der Waals surface area contributed by atoms with Gasteiger partial charge < -0.3 is 14.1 Å². The molecule has 3 fully saturated rings. The third kappa shape index (κ3) is 1.83. The highest BCUT2D eigenvalue weighted by Crippen LogP contribution is 2.54. The molecule has 25 heavy (non-hydrogen) atoms. The highest BCUT2D eigenvalue weighted by atomic mass is 16.5. The number of benzene rings is 1. The summed E-state index contributed by atoms with van der Waals surface area (Å²) < 4.78 is 7.79. The summed E-state index contributed by atoms with van der Waals surface area (Å²) in [6, 6.07) is 7.16. The molecule has 5 heterocycles. The number of rotatable bonds is 2. The molecule has 4 nitrogen and oxygen atoms in total. The second kappa shape index (κ2) is 5.21. The maximum Gasteiger partial charge on any atom is 0.125 e. The maximum absolute atomic E-state index is 11.9. The van der Waals surface area contributed by atoms with E-state index in [4.69, 9.17) is 4.74 Å². The van der Waals surface area contributed by atoms with Gasteiger partial charge in [-0.2, -0.15) is 0 Å². The Bertz CT molecular complexity index is 910. The molecule has 3 unspecified atom stereocenters. The standard InChI is InChI=1S/C21H24N2O2/c1-4-12-10-23-19-9-16-14-6-5-13(25-3)7-18(14)22(2)21(16)20(23)8-15(12)17(19)11-24/h4-7,11,15,17,19-20H,8-10H2,1-3H3/b12-4-/t15?,17?,19-,20-/m0/s1. The smallest absolute Gasteiger partial charge is 0.125 e. The lowest BCUT2D eigenvalue weighted by Gasteiger charge is -2.57. The molecule has 0 spiro atoms. The maximum atomic E-state index is 11.9. The van der Waals surface area contributed by atoms with E-state index in [-0.39, 0.29) is 5.92 Å². The van der Waals surface area contributed by atoms with Gasteiger partial charge >= 0.3 is 0 Å². The third-order valence-corrected chi connectivity index (χ3v) is 6.87. The topological polar surface area (TPSA) is 34.5 Å². The highest BCUT2D eigenvalue weighted by molar-refractivity contribution is 5.87. The van der Waals surface area contributed by atoms with Crippen LogP contribution in [0.25, 0.3) is 10.9 Å². The van der Waals surface area contributed by atoms with E-state index in [9.17, 15) is 4.79 Å². The Hall–Kier alpha value is -2.07. The van der Waals surface area contributed by atoms with E-state index in [1.807, 2.05) is 0 Å². The molecule has 0 amide bonds. The zero-order valence-corrected chi connectivity index (χ0v) is 15.0. The summed E-state index contributed by atoms with van der Waals surface area (Å²) in [7, 11) is 3.90. The number of allylic oxidation sites excluding steroid dienone is 1. The normalized spacial score (nSPS) is 34.4. The summed E-state index contributed by atoms with van der Waals surface area (Å²) in [6.07, 6.45) is 5.50. The molecule has 0 saturated carbocycles.